The number of quaternary nitrogens is 1. The summed E-state index contributed by atoms with van der Waals surface area (Å²) in [7, 11) is -3.88. The van der Waals surface area contributed by atoms with Gasteiger partial charge >= 0.3 is 0 Å². The molecule has 0 aromatic carbocycles. The lowest BCUT2D eigenvalue weighted by atomic mass is 10.1. The van der Waals surface area contributed by atoms with E-state index in [0.29, 0.717) is 6.42 Å². The Bertz CT molecular complexity index is 540. The van der Waals surface area contributed by atoms with Crippen LogP contribution in [0.15, 0.2) is 4.99 Å². The Morgan fingerprint density at radius 3 is 1.87 bits per heavy atom. The molecule has 180 valence electrons. The summed E-state index contributed by atoms with van der Waals surface area (Å²) < 4.78 is 32.0. The van der Waals surface area contributed by atoms with Crippen LogP contribution in [0.3, 0.4) is 0 Å². The Morgan fingerprint density at radius 2 is 1.37 bits per heavy atom. The minimum Gasteiger partial charge on any atom is -0.311 e. The Morgan fingerprint density at radius 1 is 0.800 bits per heavy atom. The highest BCUT2D eigenvalue weighted by molar-refractivity contribution is 7.85. The molecule has 0 spiro atoms. The molecule has 0 rings (SSSR count). The molecule has 0 atom stereocenters. The van der Waals surface area contributed by atoms with Gasteiger partial charge in [0.15, 0.2) is 0 Å². The van der Waals surface area contributed by atoms with Crippen LogP contribution in [0.2, 0.25) is 0 Å². The minimum absolute atomic E-state index is 0.154. The first-order valence-electron chi connectivity index (χ1n) is 12.4. The molecule has 0 aliphatic carbocycles. The molecule has 0 aliphatic heterocycles. The van der Waals surface area contributed by atoms with Gasteiger partial charge in [0, 0.05) is 19.6 Å². The highest BCUT2D eigenvalue weighted by Gasteiger charge is 2.34. The summed E-state index contributed by atoms with van der Waals surface area (Å²) in [5.74, 6) is 1.03. The second kappa shape index (κ2) is 17.0. The molecule has 0 fully saturated rings. The van der Waals surface area contributed by atoms with E-state index >= 15 is 0 Å². The number of unbranched alkanes of at least 4 members (excludes halogenated alkanes) is 6. The predicted octanol–water partition coefficient (Wildman–Crippen LogP) is 5.35. The minimum atomic E-state index is -3.88. The van der Waals surface area contributed by atoms with Gasteiger partial charge in [-0.1, -0.05) is 52.9 Å². The fourth-order valence-corrected chi connectivity index (χ4v) is 4.66. The fourth-order valence-electron chi connectivity index (χ4n) is 4.09. The van der Waals surface area contributed by atoms with E-state index < -0.39 is 10.1 Å². The Labute approximate surface area is 187 Å². The Kier molecular flexibility index (Phi) is 16.6. The third-order valence-electron chi connectivity index (χ3n) is 5.91. The second-order valence-corrected chi connectivity index (χ2v) is 10.0. The van der Waals surface area contributed by atoms with Gasteiger partial charge in [-0.25, -0.2) is 4.99 Å². The van der Waals surface area contributed by atoms with E-state index in [0.717, 1.165) is 69.4 Å². The number of hydrogen-bond acceptors (Lipinski definition) is 3. The van der Waals surface area contributed by atoms with Gasteiger partial charge in [-0.2, -0.15) is 8.42 Å². The van der Waals surface area contributed by atoms with Gasteiger partial charge in [0.25, 0.3) is 16.1 Å². The standard InChI is InChI=1S/C23H49N3O3S/c1-6-11-12-13-14-15-18-24-23(25(19-7-2)20-8-3)26(9-4,10-5)21-16-17-22-30(27,28)29/h6-22H2,1-5H3/p+1. The van der Waals surface area contributed by atoms with Crippen LogP contribution < -0.4 is 0 Å². The Balaban J connectivity index is 5.35. The van der Waals surface area contributed by atoms with Crippen molar-refractivity contribution in [3.8, 4) is 0 Å². The molecule has 0 aromatic rings. The molecule has 0 aliphatic rings. The summed E-state index contributed by atoms with van der Waals surface area (Å²) in [6.45, 7) is 16.7. The van der Waals surface area contributed by atoms with Crippen LogP contribution in [0, 0.1) is 0 Å². The predicted molar refractivity (Wildman–Crippen MR) is 130 cm³/mol. The van der Waals surface area contributed by atoms with Crippen molar-refractivity contribution in [2.24, 2.45) is 4.99 Å². The topological polar surface area (TPSA) is 70.0 Å². The smallest absolute Gasteiger partial charge is 0.300 e. The zero-order chi connectivity index (χ0) is 22.9. The van der Waals surface area contributed by atoms with E-state index in [9.17, 15) is 8.42 Å². The summed E-state index contributed by atoms with van der Waals surface area (Å²) in [5.41, 5.74) is 0. The van der Waals surface area contributed by atoms with Crippen molar-refractivity contribution in [2.75, 3.05) is 45.0 Å². The van der Waals surface area contributed by atoms with Gasteiger partial charge < -0.3 is 4.90 Å². The molecule has 0 amide bonds. The maximum atomic E-state index is 11.1. The van der Waals surface area contributed by atoms with Crippen molar-refractivity contribution in [3.05, 3.63) is 0 Å². The van der Waals surface area contributed by atoms with Gasteiger partial charge in [0.1, 0.15) is 0 Å². The van der Waals surface area contributed by atoms with Crippen LogP contribution in [0.5, 0.6) is 0 Å². The molecule has 0 unspecified atom stereocenters. The van der Waals surface area contributed by atoms with Crippen molar-refractivity contribution < 1.29 is 17.5 Å². The van der Waals surface area contributed by atoms with Crippen LogP contribution in [0.4, 0.5) is 0 Å². The van der Waals surface area contributed by atoms with Crippen LogP contribution >= 0.6 is 0 Å². The average molecular weight is 449 g/mol. The average Bonchev–Trinajstić information content (AvgIpc) is 2.70. The van der Waals surface area contributed by atoms with E-state index in [2.05, 4.69) is 39.5 Å². The molecule has 30 heavy (non-hydrogen) atoms. The van der Waals surface area contributed by atoms with Gasteiger partial charge in [-0.3, -0.25) is 9.04 Å². The molecule has 0 saturated heterocycles. The van der Waals surface area contributed by atoms with Crippen molar-refractivity contribution in [3.63, 3.8) is 0 Å². The van der Waals surface area contributed by atoms with E-state index in [1.54, 1.807) is 0 Å². The highest BCUT2D eigenvalue weighted by atomic mass is 32.2. The number of guanidine groups is 1. The van der Waals surface area contributed by atoms with Crippen molar-refractivity contribution >= 4 is 16.1 Å². The molecule has 0 heterocycles. The summed E-state index contributed by atoms with van der Waals surface area (Å²) in [6, 6.07) is 0. The number of rotatable bonds is 18. The van der Waals surface area contributed by atoms with Gasteiger partial charge in [0.05, 0.1) is 25.4 Å². The summed E-state index contributed by atoms with van der Waals surface area (Å²) in [4.78, 5) is 7.63. The lowest BCUT2D eigenvalue weighted by Crippen LogP contribution is -2.60. The molecule has 0 aromatic heterocycles. The second-order valence-electron chi connectivity index (χ2n) is 8.43. The lowest BCUT2D eigenvalue weighted by Gasteiger charge is -2.41. The quantitative estimate of drug-likeness (QED) is 0.101. The summed E-state index contributed by atoms with van der Waals surface area (Å²) >= 11 is 0. The van der Waals surface area contributed by atoms with Crippen molar-refractivity contribution in [1.82, 2.24) is 4.90 Å². The van der Waals surface area contributed by atoms with Crippen LogP contribution in [0.25, 0.3) is 0 Å². The van der Waals surface area contributed by atoms with Crippen LogP contribution in [-0.2, 0) is 10.1 Å². The number of nitrogens with zero attached hydrogens (tertiary/aromatic N) is 3. The number of aliphatic imine (C=N–C) groups is 1. The van der Waals surface area contributed by atoms with Crippen molar-refractivity contribution in [2.45, 2.75) is 98.8 Å². The Hall–Kier alpha value is -0.660. The monoisotopic (exact) mass is 448 g/mol. The van der Waals surface area contributed by atoms with Crippen molar-refractivity contribution in [1.29, 1.82) is 0 Å². The maximum Gasteiger partial charge on any atom is 0.300 e. The molecular formula is C23H50N3O3S+. The third-order valence-corrected chi connectivity index (χ3v) is 6.71. The van der Waals surface area contributed by atoms with E-state index in [1.165, 1.54) is 38.1 Å². The summed E-state index contributed by atoms with van der Waals surface area (Å²) in [6.07, 6.45) is 11.0. The molecule has 0 saturated carbocycles. The molecule has 6 nitrogen and oxygen atoms in total. The molecular weight excluding hydrogens is 398 g/mol. The first-order chi connectivity index (χ1) is 14.3. The van der Waals surface area contributed by atoms with Crippen LogP contribution in [0.1, 0.15) is 98.8 Å². The fraction of sp³-hybridized carbons (Fsp3) is 0.957. The third kappa shape index (κ3) is 12.3. The van der Waals surface area contributed by atoms with E-state index in [-0.39, 0.29) is 5.75 Å². The van der Waals surface area contributed by atoms with Gasteiger partial charge in [-0.05, 0) is 46.0 Å². The SMILES string of the molecule is CCCCCCCCN=C(N(CCC)CCC)[N+](CC)(CC)CCCCS(=O)(=O)O. The highest BCUT2D eigenvalue weighted by Crippen LogP contribution is 2.17. The van der Waals surface area contributed by atoms with Crippen LogP contribution in [-0.4, -0.2) is 73.3 Å². The number of hydrogen-bond donors (Lipinski definition) is 1. The van der Waals surface area contributed by atoms with E-state index in [4.69, 9.17) is 9.55 Å². The molecule has 0 radical (unpaired) electrons. The zero-order valence-electron chi connectivity index (χ0n) is 20.5. The maximum absolute atomic E-state index is 11.1. The van der Waals surface area contributed by atoms with E-state index in [1.807, 2.05) is 0 Å². The molecule has 1 N–H and O–H groups in total. The first-order valence-corrected chi connectivity index (χ1v) is 14.0. The zero-order valence-corrected chi connectivity index (χ0v) is 21.4. The normalized spacial score (nSPS) is 13.1. The lowest BCUT2D eigenvalue weighted by molar-refractivity contribution is -0.844. The molecule has 0 bridgehead atoms. The largest absolute Gasteiger partial charge is 0.311 e. The van der Waals surface area contributed by atoms with Gasteiger partial charge in [0.2, 0.25) is 0 Å². The molecule has 7 heteroatoms. The van der Waals surface area contributed by atoms with Gasteiger partial charge in [-0.15, -0.1) is 0 Å². The first kappa shape index (κ1) is 29.3. The summed E-state index contributed by atoms with van der Waals surface area (Å²) in [5, 5.41) is 0.